The maximum atomic E-state index is 12.8. The number of ether oxygens (including phenoxy) is 4. The Morgan fingerprint density at radius 2 is 1.40 bits per heavy atom. The fraction of sp³-hybridized carbons (Fsp3) is 0.309. The molecule has 6 aromatic carbocycles. The number of aromatic nitrogens is 2. The van der Waals surface area contributed by atoms with E-state index < -0.39 is 0 Å². The van der Waals surface area contributed by atoms with E-state index in [2.05, 4.69) is 208 Å². The van der Waals surface area contributed by atoms with Crippen LogP contribution in [0.1, 0.15) is 71.4 Å². The summed E-state index contributed by atoms with van der Waals surface area (Å²) in [5.41, 5.74) is 9.50. The van der Waals surface area contributed by atoms with Crippen LogP contribution in [-0.2, 0) is 34.6 Å². The highest BCUT2D eigenvalue weighted by molar-refractivity contribution is 9.10. The van der Waals surface area contributed by atoms with Crippen LogP contribution < -0.4 is 25.6 Å². The summed E-state index contributed by atoms with van der Waals surface area (Å²) in [6.45, 7) is 19.9. The SMILES string of the molecule is C=CC(=O)Nc1cc2c(Nc3cccc(Br)c3)ncnc2cc1OCCOCCOCCOCCNC(=O)CCCCC[N+]1=C(/C=C/C=C/C=C/C=C2\N(CC)c3ccc4ccccc4c3C2(C)C)C(C)(C)c2c1ccc1ccccc21. The van der Waals surface area contributed by atoms with E-state index in [1.54, 1.807) is 12.1 Å². The highest BCUT2D eigenvalue weighted by Crippen LogP contribution is 2.51. The number of likely N-dealkylation sites (N-methyl/N-ethyl adjacent to an activating group) is 1. The first-order valence-corrected chi connectivity index (χ1v) is 29.2. The molecule has 0 unspecified atom stereocenters. The fourth-order valence-corrected chi connectivity index (χ4v) is 11.7. The van der Waals surface area contributed by atoms with Gasteiger partial charge in [0.05, 0.1) is 56.3 Å². The number of rotatable bonds is 28. The second-order valence-electron chi connectivity index (χ2n) is 21.3. The standard InChI is InChI=1S/C68H74BrN7O6/c1-7-62(77)74-56-45-54-55(71-47-72-66(54)73-51-25-21-24-50(69)44-51)46-59(56)82-43-42-81-41-40-80-39-38-79-37-35-70-63(78)30-15-12-20-36-76-58-34-32-49-23-17-19-27-53(49)65(58)68(5,6)61(76)29-14-11-9-10-13-28-60-67(3,4)64-52-26-18-16-22-48(52)31-33-57(64)75(60)8-2/h7,9-11,13-14,16-19,21-29,31-34,44-47H,1,8,12,15,20,30,35-43H2,2-6H3,(H2-,70,71,72,73,74,77,78)/p+1. The second kappa shape index (κ2) is 27.8. The smallest absolute Gasteiger partial charge is 0.247 e. The van der Waals surface area contributed by atoms with E-state index in [4.69, 9.17) is 18.9 Å². The summed E-state index contributed by atoms with van der Waals surface area (Å²) in [5.74, 6) is 0.676. The van der Waals surface area contributed by atoms with Crippen LogP contribution in [0.3, 0.4) is 0 Å². The van der Waals surface area contributed by atoms with E-state index in [-0.39, 0.29) is 29.3 Å². The molecule has 13 nitrogen and oxygen atoms in total. The quantitative estimate of drug-likeness (QED) is 0.0188. The maximum absolute atomic E-state index is 12.8. The van der Waals surface area contributed by atoms with Crippen molar-refractivity contribution in [2.45, 2.75) is 71.1 Å². The molecule has 82 heavy (non-hydrogen) atoms. The molecule has 0 aliphatic carbocycles. The number of unbranched alkanes of at least 4 members (excludes halogenated alkanes) is 2. The number of nitrogens with zero attached hydrogens (tertiary/aromatic N) is 4. The second-order valence-corrected chi connectivity index (χ2v) is 22.3. The lowest BCUT2D eigenvalue weighted by molar-refractivity contribution is -0.438. The van der Waals surface area contributed by atoms with Gasteiger partial charge in [0.15, 0.2) is 5.71 Å². The number of amides is 2. The number of nitrogens with one attached hydrogen (secondary N) is 3. The molecule has 0 saturated carbocycles. The van der Waals surface area contributed by atoms with Crippen LogP contribution in [0, 0.1) is 0 Å². The highest BCUT2D eigenvalue weighted by atomic mass is 79.9. The first-order valence-electron chi connectivity index (χ1n) is 28.5. The van der Waals surface area contributed by atoms with Gasteiger partial charge in [-0.15, -0.1) is 0 Å². The molecule has 2 amide bonds. The van der Waals surface area contributed by atoms with Crippen LogP contribution in [0.25, 0.3) is 32.4 Å². The number of benzene rings is 6. The summed E-state index contributed by atoms with van der Waals surface area (Å²) in [6.07, 6.45) is 21.1. The van der Waals surface area contributed by atoms with Crippen molar-refractivity contribution in [1.29, 1.82) is 0 Å². The van der Waals surface area contributed by atoms with Crippen molar-refractivity contribution in [2.24, 2.45) is 0 Å². The number of anilines is 4. The Hall–Kier alpha value is -7.75. The summed E-state index contributed by atoms with van der Waals surface area (Å²) in [7, 11) is 0. The predicted molar refractivity (Wildman–Crippen MR) is 337 cm³/mol. The summed E-state index contributed by atoms with van der Waals surface area (Å²) in [4.78, 5) is 36.4. The zero-order valence-electron chi connectivity index (χ0n) is 47.8. The first-order chi connectivity index (χ1) is 39.9. The Morgan fingerprint density at radius 1 is 0.707 bits per heavy atom. The molecule has 3 N–H and O–H groups in total. The van der Waals surface area contributed by atoms with Gasteiger partial charge in [0.25, 0.3) is 0 Å². The van der Waals surface area contributed by atoms with E-state index >= 15 is 0 Å². The fourth-order valence-electron chi connectivity index (χ4n) is 11.3. The van der Waals surface area contributed by atoms with Gasteiger partial charge in [-0.1, -0.05) is 127 Å². The average molecular weight is 1170 g/mol. The van der Waals surface area contributed by atoms with Crippen molar-refractivity contribution >= 4 is 94.5 Å². The molecule has 2 aliphatic heterocycles. The molecule has 14 heteroatoms. The Bertz CT molecular complexity index is 3600. The third-order valence-electron chi connectivity index (χ3n) is 15.1. The molecule has 2 aliphatic rings. The third kappa shape index (κ3) is 13.9. The Morgan fingerprint density at radius 3 is 2.15 bits per heavy atom. The van der Waals surface area contributed by atoms with Gasteiger partial charge >= 0.3 is 0 Å². The largest absolute Gasteiger partial charge is 0.489 e. The van der Waals surface area contributed by atoms with Crippen molar-refractivity contribution in [3.63, 3.8) is 0 Å². The van der Waals surface area contributed by atoms with Crippen LogP contribution >= 0.6 is 15.9 Å². The van der Waals surface area contributed by atoms with Gasteiger partial charge in [-0.3, -0.25) is 9.59 Å². The molecule has 0 fully saturated rings. The zero-order chi connectivity index (χ0) is 57.5. The molecule has 3 heterocycles. The molecule has 0 spiro atoms. The maximum Gasteiger partial charge on any atom is 0.247 e. The number of carbonyl (C=O) groups excluding carboxylic acids is 2. The lowest BCUT2D eigenvalue weighted by atomic mass is 9.79. The molecule has 1 aromatic heterocycles. The van der Waals surface area contributed by atoms with Gasteiger partial charge in [0.2, 0.25) is 17.5 Å². The molecule has 424 valence electrons. The monoisotopic (exact) mass is 1160 g/mol. The number of carbonyl (C=O) groups is 2. The van der Waals surface area contributed by atoms with Gasteiger partial charge in [-0.2, -0.15) is 4.58 Å². The van der Waals surface area contributed by atoms with E-state index in [0.717, 1.165) is 42.5 Å². The van der Waals surface area contributed by atoms with Crippen molar-refractivity contribution in [3.8, 4) is 5.75 Å². The predicted octanol–water partition coefficient (Wildman–Crippen LogP) is 14.1. The Balaban J connectivity index is 0.675. The summed E-state index contributed by atoms with van der Waals surface area (Å²) >= 11 is 3.50. The molecular formula is C68H75BrN7O6+. The van der Waals surface area contributed by atoms with Crippen LogP contribution in [0.5, 0.6) is 5.75 Å². The van der Waals surface area contributed by atoms with Crippen LogP contribution in [0.4, 0.5) is 28.6 Å². The number of fused-ring (bicyclic) bond motifs is 7. The van der Waals surface area contributed by atoms with Gasteiger partial charge in [-0.25, -0.2) is 9.97 Å². The summed E-state index contributed by atoms with van der Waals surface area (Å²) in [6, 6.07) is 37.7. The average Bonchev–Trinajstić information content (AvgIpc) is 3.65. The number of halogens is 1. The Kier molecular flexibility index (Phi) is 20.0. The van der Waals surface area contributed by atoms with Gasteiger partial charge in [-0.05, 0) is 109 Å². The third-order valence-corrected chi connectivity index (χ3v) is 15.6. The molecule has 0 bridgehead atoms. The van der Waals surface area contributed by atoms with Crippen molar-refractivity contribution in [2.75, 3.05) is 81.4 Å². The normalized spacial score (nSPS) is 15.0. The van der Waals surface area contributed by atoms with Crippen LogP contribution in [0.2, 0.25) is 0 Å². The number of hydrogen-bond acceptors (Lipinski definition) is 10. The lowest BCUT2D eigenvalue weighted by Gasteiger charge is -2.26. The van der Waals surface area contributed by atoms with Crippen LogP contribution in [-0.4, -0.2) is 98.0 Å². The van der Waals surface area contributed by atoms with E-state index in [9.17, 15) is 9.59 Å². The number of hydrogen-bond donors (Lipinski definition) is 3. The van der Waals surface area contributed by atoms with Crippen molar-refractivity contribution in [1.82, 2.24) is 15.3 Å². The number of allylic oxidation sites excluding steroid dienone is 8. The molecule has 0 saturated heterocycles. The van der Waals surface area contributed by atoms with E-state index in [0.29, 0.717) is 80.8 Å². The topological polar surface area (TPSA) is 139 Å². The minimum Gasteiger partial charge on any atom is -0.489 e. The van der Waals surface area contributed by atoms with Crippen molar-refractivity contribution in [3.05, 3.63) is 192 Å². The van der Waals surface area contributed by atoms with Gasteiger partial charge in [0, 0.05) is 82.0 Å². The minimum absolute atomic E-state index is 0.0342. The van der Waals surface area contributed by atoms with Crippen molar-refractivity contribution < 1.29 is 33.1 Å². The summed E-state index contributed by atoms with van der Waals surface area (Å²) < 4.78 is 26.6. The van der Waals surface area contributed by atoms with E-state index in [1.165, 1.54) is 67.9 Å². The Labute approximate surface area is 490 Å². The molecule has 7 aromatic rings. The van der Waals surface area contributed by atoms with Crippen LogP contribution in [0.15, 0.2) is 181 Å². The lowest BCUT2D eigenvalue weighted by Crippen LogP contribution is -2.28. The first kappa shape index (κ1) is 58.9. The van der Waals surface area contributed by atoms with Gasteiger partial charge in [0.1, 0.15) is 31.0 Å². The molecule has 0 radical (unpaired) electrons. The van der Waals surface area contributed by atoms with E-state index in [1.807, 2.05) is 24.3 Å². The highest BCUT2D eigenvalue weighted by Gasteiger charge is 2.45. The molecule has 0 atom stereocenters. The minimum atomic E-state index is -0.376. The molecule has 9 rings (SSSR count). The molecular weight excluding hydrogens is 1090 g/mol. The zero-order valence-corrected chi connectivity index (χ0v) is 49.4. The van der Waals surface area contributed by atoms with Gasteiger partial charge < -0.3 is 39.8 Å². The summed E-state index contributed by atoms with van der Waals surface area (Å²) in [5, 5.41) is 15.0.